The van der Waals surface area contributed by atoms with Crippen molar-refractivity contribution >= 4 is 17.6 Å². The topological polar surface area (TPSA) is 113 Å². The average molecular weight is 434 g/mol. The highest BCUT2D eigenvalue weighted by Crippen LogP contribution is 2.22. The van der Waals surface area contributed by atoms with E-state index in [1.807, 2.05) is 6.07 Å². The fraction of sp³-hybridized carbons (Fsp3) is 0.381. The molecule has 10 heteroatoms. The zero-order valence-electron chi connectivity index (χ0n) is 16.7. The Hall–Kier alpha value is -3.11. The molecule has 0 unspecified atom stereocenters. The molecule has 8 nitrogen and oxygen atoms in total. The van der Waals surface area contributed by atoms with Crippen molar-refractivity contribution in [2.24, 2.45) is 0 Å². The fourth-order valence-corrected chi connectivity index (χ4v) is 3.34. The molecule has 0 aliphatic carbocycles. The van der Waals surface area contributed by atoms with Crippen molar-refractivity contribution in [1.82, 2.24) is 15.6 Å². The maximum absolute atomic E-state index is 13.7. The molecule has 3 atom stereocenters. The molecule has 1 aliphatic rings. The number of urea groups is 1. The molecule has 1 fully saturated rings. The minimum absolute atomic E-state index is 0.108. The van der Waals surface area contributed by atoms with Crippen LogP contribution in [0.3, 0.4) is 0 Å². The molecule has 0 bridgehead atoms. The van der Waals surface area contributed by atoms with E-state index in [9.17, 15) is 23.5 Å². The number of halogens is 2. The second-order valence-electron chi connectivity index (χ2n) is 7.19. The molecule has 3 rings (SSSR count). The van der Waals surface area contributed by atoms with Crippen molar-refractivity contribution in [2.75, 3.05) is 11.9 Å². The first-order valence-electron chi connectivity index (χ1n) is 9.90. The first kappa shape index (κ1) is 22.6. The number of pyridine rings is 1. The highest BCUT2D eigenvalue weighted by atomic mass is 19.1. The van der Waals surface area contributed by atoms with Gasteiger partial charge in [-0.2, -0.15) is 0 Å². The van der Waals surface area contributed by atoms with E-state index in [2.05, 4.69) is 20.9 Å². The summed E-state index contributed by atoms with van der Waals surface area (Å²) in [6.07, 6.45) is 1.53. The van der Waals surface area contributed by atoms with Crippen molar-refractivity contribution in [1.29, 1.82) is 0 Å². The molecule has 0 radical (unpaired) electrons. The van der Waals surface area contributed by atoms with Gasteiger partial charge in [0.15, 0.2) is 0 Å². The number of amides is 3. The summed E-state index contributed by atoms with van der Waals surface area (Å²) in [4.78, 5) is 28.5. The quantitative estimate of drug-likeness (QED) is 0.533. The highest BCUT2D eigenvalue weighted by Gasteiger charge is 2.33. The number of aliphatic hydroxyl groups excluding tert-OH is 1. The van der Waals surface area contributed by atoms with E-state index in [0.29, 0.717) is 19.4 Å². The summed E-state index contributed by atoms with van der Waals surface area (Å²) in [5, 5.41) is 17.3. The van der Waals surface area contributed by atoms with Crippen LogP contribution in [0.25, 0.3) is 0 Å². The molecule has 1 aromatic heterocycles. The Labute approximate surface area is 178 Å². The number of nitrogens with zero attached hydrogens (tertiary/aromatic N) is 1. The van der Waals surface area contributed by atoms with E-state index in [1.165, 1.54) is 0 Å². The lowest BCUT2D eigenvalue weighted by atomic mass is 9.97. The number of ether oxygens (including phenoxy) is 1. The van der Waals surface area contributed by atoms with Gasteiger partial charge in [-0.25, -0.2) is 13.6 Å². The summed E-state index contributed by atoms with van der Waals surface area (Å²) in [5.74, 6) is -1.67. The zero-order chi connectivity index (χ0) is 22.2. The number of benzene rings is 1. The van der Waals surface area contributed by atoms with Crippen LogP contribution in [0.4, 0.5) is 19.3 Å². The Kier molecular flexibility index (Phi) is 7.85. The Morgan fingerprint density at radius 3 is 2.77 bits per heavy atom. The molecular formula is C21H24F2N4O4. The molecule has 166 valence electrons. The number of hydrogen-bond acceptors (Lipinski definition) is 5. The molecular weight excluding hydrogens is 410 g/mol. The molecule has 4 N–H and O–H groups in total. The maximum Gasteiger partial charge on any atom is 0.319 e. The van der Waals surface area contributed by atoms with Gasteiger partial charge in [0.2, 0.25) is 5.91 Å². The largest absolute Gasteiger partial charge is 0.394 e. The lowest BCUT2D eigenvalue weighted by Gasteiger charge is -2.35. The Balaban J connectivity index is 1.46. The van der Waals surface area contributed by atoms with E-state index in [-0.39, 0.29) is 24.6 Å². The Morgan fingerprint density at radius 2 is 2.03 bits per heavy atom. The van der Waals surface area contributed by atoms with Gasteiger partial charge in [-0.15, -0.1) is 0 Å². The van der Waals surface area contributed by atoms with Crippen LogP contribution in [-0.2, 0) is 16.1 Å². The molecule has 2 heterocycles. The third-order valence-corrected chi connectivity index (χ3v) is 4.89. The number of aliphatic hydroxyl groups is 1. The third kappa shape index (κ3) is 6.69. The summed E-state index contributed by atoms with van der Waals surface area (Å²) in [6, 6.07) is 6.85. The number of aromatic nitrogens is 1. The number of carbonyl (C=O) groups is 2. The standard InChI is InChI=1S/C21H24F2N4O4/c22-13-4-6-16(23)18(9-13)27-21(30)26-17-7-5-15(31-19(17)12-28)10-20(29)25-11-14-3-1-2-8-24-14/h1-4,6,8-9,15,17,19,28H,5,7,10-12H2,(H,25,29)(H2,26,27,30)/t15-,17+,19-/m0/s1. The maximum atomic E-state index is 13.7. The number of carbonyl (C=O) groups excluding carboxylic acids is 2. The smallest absolute Gasteiger partial charge is 0.319 e. The van der Waals surface area contributed by atoms with Crippen LogP contribution in [0, 0.1) is 11.6 Å². The number of rotatable bonds is 7. The van der Waals surface area contributed by atoms with Gasteiger partial charge in [0.1, 0.15) is 17.7 Å². The van der Waals surface area contributed by atoms with Crippen LogP contribution in [0.2, 0.25) is 0 Å². The second-order valence-corrected chi connectivity index (χ2v) is 7.19. The van der Waals surface area contributed by atoms with Gasteiger partial charge in [-0.1, -0.05) is 6.07 Å². The second kappa shape index (κ2) is 10.8. The predicted octanol–water partition coefficient (Wildman–Crippen LogP) is 2.10. The van der Waals surface area contributed by atoms with Crippen LogP contribution >= 0.6 is 0 Å². The third-order valence-electron chi connectivity index (χ3n) is 4.89. The monoisotopic (exact) mass is 434 g/mol. The minimum atomic E-state index is -0.771. The highest BCUT2D eigenvalue weighted by molar-refractivity contribution is 5.89. The van der Waals surface area contributed by atoms with Crippen LogP contribution in [0.15, 0.2) is 42.6 Å². The molecule has 1 aromatic carbocycles. The normalized spacial score (nSPS) is 20.7. The van der Waals surface area contributed by atoms with Crippen molar-refractivity contribution < 1.29 is 28.2 Å². The van der Waals surface area contributed by atoms with Gasteiger partial charge < -0.3 is 25.8 Å². The van der Waals surface area contributed by atoms with Gasteiger partial charge in [0, 0.05) is 12.3 Å². The van der Waals surface area contributed by atoms with E-state index < -0.39 is 35.9 Å². The number of anilines is 1. The predicted molar refractivity (Wildman–Crippen MR) is 108 cm³/mol. The van der Waals surface area contributed by atoms with E-state index in [1.54, 1.807) is 18.3 Å². The van der Waals surface area contributed by atoms with Crippen LogP contribution < -0.4 is 16.0 Å². The molecule has 0 spiro atoms. The SMILES string of the molecule is O=C(C[C@@H]1CC[C@@H](NC(=O)Nc2cc(F)ccc2F)[C@H](CO)O1)NCc1ccccn1. The van der Waals surface area contributed by atoms with Gasteiger partial charge in [0.05, 0.1) is 43.1 Å². The Morgan fingerprint density at radius 1 is 1.19 bits per heavy atom. The molecule has 31 heavy (non-hydrogen) atoms. The van der Waals surface area contributed by atoms with Crippen LogP contribution in [-0.4, -0.2) is 46.9 Å². The molecule has 1 saturated heterocycles. The molecule has 3 amide bonds. The molecule has 2 aromatic rings. The summed E-state index contributed by atoms with van der Waals surface area (Å²) >= 11 is 0. The summed E-state index contributed by atoms with van der Waals surface area (Å²) in [5.41, 5.74) is 0.441. The van der Waals surface area contributed by atoms with Crippen molar-refractivity contribution in [3.63, 3.8) is 0 Å². The van der Waals surface area contributed by atoms with E-state index in [4.69, 9.17) is 4.74 Å². The first-order chi connectivity index (χ1) is 14.9. The average Bonchev–Trinajstić information content (AvgIpc) is 2.76. The van der Waals surface area contributed by atoms with Gasteiger partial charge in [0.25, 0.3) is 0 Å². The van der Waals surface area contributed by atoms with Gasteiger partial charge >= 0.3 is 6.03 Å². The van der Waals surface area contributed by atoms with Crippen LogP contribution in [0.5, 0.6) is 0 Å². The first-order valence-corrected chi connectivity index (χ1v) is 9.90. The lowest BCUT2D eigenvalue weighted by molar-refractivity contribution is -0.130. The van der Waals surface area contributed by atoms with Gasteiger partial charge in [-0.05, 0) is 37.1 Å². The lowest BCUT2D eigenvalue weighted by Crippen LogP contribution is -2.52. The van der Waals surface area contributed by atoms with Crippen molar-refractivity contribution in [3.05, 3.63) is 59.9 Å². The zero-order valence-corrected chi connectivity index (χ0v) is 16.7. The molecule has 0 saturated carbocycles. The fourth-order valence-electron chi connectivity index (χ4n) is 3.34. The summed E-state index contributed by atoms with van der Waals surface area (Å²) < 4.78 is 32.7. The summed E-state index contributed by atoms with van der Waals surface area (Å²) in [7, 11) is 0. The number of hydrogen-bond donors (Lipinski definition) is 4. The van der Waals surface area contributed by atoms with E-state index in [0.717, 1.165) is 23.9 Å². The number of nitrogens with one attached hydrogen (secondary N) is 3. The minimum Gasteiger partial charge on any atom is -0.394 e. The summed E-state index contributed by atoms with van der Waals surface area (Å²) in [6.45, 7) is -0.0673. The molecule has 1 aliphatic heterocycles. The van der Waals surface area contributed by atoms with Crippen molar-refractivity contribution in [3.8, 4) is 0 Å². The van der Waals surface area contributed by atoms with Gasteiger partial charge in [-0.3, -0.25) is 9.78 Å². The Bertz CT molecular complexity index is 900. The van der Waals surface area contributed by atoms with Crippen molar-refractivity contribution in [2.45, 2.75) is 44.1 Å². The van der Waals surface area contributed by atoms with E-state index >= 15 is 0 Å². The van der Waals surface area contributed by atoms with Crippen LogP contribution in [0.1, 0.15) is 25.0 Å².